The van der Waals surface area contributed by atoms with E-state index < -0.39 is 48.8 Å². The van der Waals surface area contributed by atoms with Gasteiger partial charge in [-0.05, 0) is 17.0 Å². The Kier molecular flexibility index (Phi) is 7.47. The van der Waals surface area contributed by atoms with Crippen LogP contribution >= 0.6 is 11.3 Å². The number of nitrogens with two attached hydrogens (primary N) is 1. The van der Waals surface area contributed by atoms with Gasteiger partial charge in [-0.2, -0.15) is 0 Å². The first kappa shape index (κ1) is 23.3. The lowest BCUT2D eigenvalue weighted by Crippen LogP contribution is -2.44. The van der Waals surface area contributed by atoms with E-state index in [1.54, 1.807) is 42.5 Å². The van der Waals surface area contributed by atoms with Crippen LogP contribution in [-0.4, -0.2) is 34.5 Å². The molecule has 2 heterocycles. The van der Waals surface area contributed by atoms with Crippen molar-refractivity contribution in [2.24, 2.45) is 5.73 Å². The second kappa shape index (κ2) is 10.3. The van der Waals surface area contributed by atoms with Gasteiger partial charge >= 0.3 is 0 Å². The molecule has 2 amide bonds. The van der Waals surface area contributed by atoms with E-state index in [4.69, 9.17) is 10.2 Å². The maximum atomic E-state index is 14.2. The molecule has 0 aliphatic rings. The molecule has 0 fully saturated rings. The van der Waals surface area contributed by atoms with Gasteiger partial charge in [0.15, 0.2) is 5.76 Å². The number of hydrogen-bond acceptors (Lipinski definition) is 6. The van der Waals surface area contributed by atoms with Crippen LogP contribution in [0.25, 0.3) is 10.6 Å². The Hall–Kier alpha value is -3.40. The summed E-state index contributed by atoms with van der Waals surface area (Å²) in [6.45, 7) is 0. The molecule has 1 radical (unpaired) electrons. The number of ketones is 1. The molecule has 1 aromatic carbocycles. The predicted molar refractivity (Wildman–Crippen MR) is 114 cm³/mol. The van der Waals surface area contributed by atoms with E-state index in [-0.39, 0.29) is 5.89 Å². The molecule has 0 saturated carbocycles. The van der Waals surface area contributed by atoms with Gasteiger partial charge in [-0.25, -0.2) is 13.8 Å². The summed E-state index contributed by atoms with van der Waals surface area (Å²) in [5, 5.41) is 4.07. The van der Waals surface area contributed by atoms with Crippen LogP contribution in [0.3, 0.4) is 0 Å². The first-order valence-electron chi connectivity index (χ1n) is 9.61. The fourth-order valence-electron chi connectivity index (χ4n) is 2.92. The second-order valence-corrected chi connectivity index (χ2v) is 7.98. The van der Waals surface area contributed by atoms with Crippen LogP contribution in [-0.2, 0) is 16.0 Å². The predicted octanol–water partition coefficient (Wildman–Crippen LogP) is 3.42. The van der Waals surface area contributed by atoms with Gasteiger partial charge in [0, 0.05) is 12.8 Å². The molecular weight excluding hydrogens is 440 g/mol. The molecule has 0 spiro atoms. The number of Topliss-reactive ketones (excluding diaryl/α,β-unsaturated/α-hetero) is 1. The molecule has 7 nitrogen and oxygen atoms in total. The molecule has 167 valence electrons. The Morgan fingerprint density at radius 2 is 1.94 bits per heavy atom. The lowest BCUT2D eigenvalue weighted by atomic mass is 10.0. The van der Waals surface area contributed by atoms with Gasteiger partial charge in [0.05, 0.1) is 23.9 Å². The maximum absolute atomic E-state index is 14.2. The monoisotopic (exact) mass is 460 g/mol. The number of benzene rings is 1. The van der Waals surface area contributed by atoms with Crippen LogP contribution in [0.1, 0.15) is 29.1 Å². The maximum Gasteiger partial charge on any atom is 0.265 e. The molecule has 10 heteroatoms. The average Bonchev–Trinajstić information content (AvgIpc) is 3.43. The number of primary amides is 1. The van der Waals surface area contributed by atoms with Crippen LogP contribution in [0, 0.1) is 6.42 Å². The van der Waals surface area contributed by atoms with Crippen LogP contribution in [0.5, 0.6) is 0 Å². The fourth-order valence-corrected chi connectivity index (χ4v) is 3.59. The molecule has 0 saturated heterocycles. The topological polar surface area (TPSA) is 115 Å². The quantitative estimate of drug-likeness (QED) is 0.426. The Labute approximate surface area is 186 Å². The van der Waals surface area contributed by atoms with E-state index in [9.17, 15) is 23.2 Å². The SMILES string of the molecule is NC(=O)C[C@H](NC(=O)[CH]CC(F)(F)Cc1ccccc1)C(=O)c1ncc(-c2cccs2)o1. The lowest BCUT2D eigenvalue weighted by Gasteiger charge is -2.18. The van der Waals surface area contributed by atoms with E-state index in [1.165, 1.54) is 17.5 Å². The molecule has 1 atom stereocenters. The van der Waals surface area contributed by atoms with Gasteiger partial charge in [-0.3, -0.25) is 14.4 Å². The van der Waals surface area contributed by atoms with Crippen molar-refractivity contribution in [3.63, 3.8) is 0 Å². The number of carbonyl (C=O) groups excluding carboxylic acids is 3. The summed E-state index contributed by atoms with van der Waals surface area (Å²) in [6.07, 6.45) is 0.181. The molecule has 3 N–H and O–H groups in total. The number of hydrogen-bond donors (Lipinski definition) is 2. The van der Waals surface area contributed by atoms with E-state index >= 15 is 0 Å². The minimum atomic E-state index is -3.17. The molecule has 0 bridgehead atoms. The molecule has 0 aliphatic heterocycles. The average molecular weight is 460 g/mol. The molecule has 3 rings (SSSR count). The van der Waals surface area contributed by atoms with Crippen molar-refractivity contribution in [3.05, 3.63) is 71.9 Å². The van der Waals surface area contributed by atoms with E-state index in [0.717, 1.165) is 11.3 Å². The van der Waals surface area contributed by atoms with Crippen molar-refractivity contribution in [2.45, 2.75) is 31.2 Å². The smallest absolute Gasteiger partial charge is 0.265 e. The minimum absolute atomic E-state index is 0.325. The van der Waals surface area contributed by atoms with Crippen LogP contribution < -0.4 is 11.1 Å². The van der Waals surface area contributed by atoms with E-state index in [2.05, 4.69) is 10.3 Å². The number of carbonyl (C=O) groups is 3. The lowest BCUT2D eigenvalue weighted by molar-refractivity contribution is -0.120. The molecule has 2 aromatic heterocycles. The number of nitrogens with zero attached hydrogens (tertiary/aromatic N) is 1. The molecule has 0 unspecified atom stereocenters. The highest BCUT2D eigenvalue weighted by molar-refractivity contribution is 7.13. The third kappa shape index (κ3) is 6.55. The van der Waals surface area contributed by atoms with Gasteiger partial charge in [0.25, 0.3) is 11.8 Å². The number of alkyl halides is 2. The highest BCUT2D eigenvalue weighted by atomic mass is 32.1. The fraction of sp³-hybridized carbons (Fsp3) is 0.227. The minimum Gasteiger partial charge on any atom is -0.433 e. The Bertz CT molecular complexity index is 1070. The first-order valence-corrected chi connectivity index (χ1v) is 10.5. The molecule has 3 aromatic rings. The van der Waals surface area contributed by atoms with E-state index in [1.807, 2.05) is 5.38 Å². The summed E-state index contributed by atoms with van der Waals surface area (Å²) in [7, 11) is 0. The van der Waals surface area contributed by atoms with Gasteiger partial charge in [0.2, 0.25) is 17.6 Å². The molecule has 0 aliphatic carbocycles. The Morgan fingerprint density at radius 1 is 1.19 bits per heavy atom. The second-order valence-electron chi connectivity index (χ2n) is 7.03. The number of halogens is 2. The van der Waals surface area contributed by atoms with Gasteiger partial charge in [0.1, 0.15) is 6.04 Å². The number of oxazole rings is 1. The summed E-state index contributed by atoms with van der Waals surface area (Å²) in [6, 6.07) is 10.3. The van der Waals surface area contributed by atoms with Crippen LogP contribution in [0.15, 0.2) is 58.5 Å². The van der Waals surface area contributed by atoms with Crippen molar-refractivity contribution < 1.29 is 27.6 Å². The highest BCUT2D eigenvalue weighted by Gasteiger charge is 2.32. The summed E-state index contributed by atoms with van der Waals surface area (Å²) >= 11 is 1.38. The normalized spacial score (nSPS) is 12.3. The summed E-state index contributed by atoms with van der Waals surface area (Å²) < 4.78 is 33.8. The van der Waals surface area contributed by atoms with Gasteiger partial charge in [-0.1, -0.05) is 36.4 Å². The van der Waals surface area contributed by atoms with Crippen molar-refractivity contribution >= 4 is 28.9 Å². The van der Waals surface area contributed by atoms with Gasteiger partial charge in [-0.15, -0.1) is 11.3 Å². The zero-order chi connectivity index (χ0) is 23.1. The van der Waals surface area contributed by atoms with Gasteiger partial charge < -0.3 is 15.5 Å². The Balaban J connectivity index is 1.61. The number of thiophene rings is 1. The summed E-state index contributed by atoms with van der Waals surface area (Å²) in [4.78, 5) is 40.9. The molecule has 32 heavy (non-hydrogen) atoms. The largest absolute Gasteiger partial charge is 0.433 e. The van der Waals surface area contributed by atoms with Crippen molar-refractivity contribution in [2.75, 3.05) is 0 Å². The third-order valence-electron chi connectivity index (χ3n) is 4.41. The van der Waals surface area contributed by atoms with Crippen LogP contribution in [0.4, 0.5) is 8.78 Å². The third-order valence-corrected chi connectivity index (χ3v) is 5.29. The standard InChI is InChI=1S/C22H20F2N3O4S/c23-22(24,12-14-5-2-1-3-6-14)9-8-19(29)27-15(11-18(25)28)20(30)21-26-13-16(31-21)17-7-4-10-32-17/h1-8,10,13,15H,9,11-12H2,(H2,25,28)(H,27,29)/t15-/m0/s1. The highest BCUT2D eigenvalue weighted by Crippen LogP contribution is 2.26. The van der Waals surface area contributed by atoms with Crippen molar-refractivity contribution in [1.29, 1.82) is 0 Å². The van der Waals surface area contributed by atoms with E-state index in [0.29, 0.717) is 11.3 Å². The first-order chi connectivity index (χ1) is 15.2. The number of aromatic nitrogens is 1. The Morgan fingerprint density at radius 3 is 2.59 bits per heavy atom. The zero-order valence-corrected chi connectivity index (χ0v) is 17.6. The summed E-state index contributed by atoms with van der Waals surface area (Å²) in [5.41, 5.74) is 5.60. The molecular formula is C22H20F2N3O4S. The van der Waals surface area contributed by atoms with Crippen molar-refractivity contribution in [3.8, 4) is 10.6 Å². The zero-order valence-electron chi connectivity index (χ0n) is 16.8. The number of rotatable bonds is 11. The summed E-state index contributed by atoms with van der Waals surface area (Å²) in [5.74, 6) is -5.72. The number of nitrogens with one attached hydrogen (secondary N) is 1. The van der Waals surface area contributed by atoms with Crippen molar-refractivity contribution in [1.82, 2.24) is 10.3 Å². The van der Waals surface area contributed by atoms with Crippen LogP contribution in [0.2, 0.25) is 0 Å². The number of amides is 2.